The van der Waals surface area contributed by atoms with Crippen molar-refractivity contribution < 1.29 is 19.3 Å². The lowest BCUT2D eigenvalue weighted by Crippen LogP contribution is -2.38. The van der Waals surface area contributed by atoms with Crippen LogP contribution in [0.2, 0.25) is 0 Å². The molecule has 0 unspecified atom stereocenters. The van der Waals surface area contributed by atoms with Crippen molar-refractivity contribution in [2.75, 3.05) is 5.73 Å². The molecule has 0 saturated carbocycles. The van der Waals surface area contributed by atoms with Crippen molar-refractivity contribution in [2.24, 2.45) is 0 Å². The van der Waals surface area contributed by atoms with Crippen LogP contribution in [-0.2, 0) is 4.74 Å². The van der Waals surface area contributed by atoms with E-state index < -0.39 is 29.7 Å². The number of nitrogens with zero attached hydrogens (tertiary/aromatic N) is 4. The van der Waals surface area contributed by atoms with Gasteiger partial charge in [-0.3, -0.25) is 0 Å². The van der Waals surface area contributed by atoms with Gasteiger partial charge in [0.2, 0.25) is 0 Å². The van der Waals surface area contributed by atoms with Crippen LogP contribution in [0.3, 0.4) is 0 Å². The number of anilines is 1. The highest BCUT2D eigenvalue weighted by Gasteiger charge is 2.53. The molecule has 110 valence electrons. The number of fused-ring (bicyclic) bond motifs is 1. The van der Waals surface area contributed by atoms with Gasteiger partial charge in [0.05, 0.1) is 5.69 Å². The van der Waals surface area contributed by atoms with E-state index in [-0.39, 0.29) is 17.0 Å². The molecular formula is C12H12FN5O3. The summed E-state index contributed by atoms with van der Waals surface area (Å²) in [7, 11) is 0. The Labute approximate surface area is 118 Å². The minimum Gasteiger partial charge on any atom is -0.387 e. The largest absolute Gasteiger partial charge is 0.387 e. The summed E-state index contributed by atoms with van der Waals surface area (Å²) in [5.74, 6) is -0.746. The molecule has 0 aromatic carbocycles. The number of ether oxygens (including phenoxy) is 1. The van der Waals surface area contributed by atoms with Gasteiger partial charge in [-0.05, 0) is 6.92 Å². The molecule has 2 aromatic heterocycles. The van der Waals surface area contributed by atoms with Crippen LogP contribution >= 0.6 is 0 Å². The predicted octanol–water partition coefficient (Wildman–Crippen LogP) is -0.474. The highest BCUT2D eigenvalue weighted by atomic mass is 19.1. The van der Waals surface area contributed by atoms with Gasteiger partial charge in [-0.2, -0.15) is 10.4 Å². The van der Waals surface area contributed by atoms with Gasteiger partial charge in [0.1, 0.15) is 36.2 Å². The van der Waals surface area contributed by atoms with E-state index in [0.717, 1.165) is 16.9 Å². The van der Waals surface area contributed by atoms with Crippen molar-refractivity contribution in [3.05, 3.63) is 23.9 Å². The molecule has 0 spiro atoms. The molecule has 3 rings (SSSR count). The van der Waals surface area contributed by atoms with Crippen LogP contribution in [0, 0.1) is 17.1 Å². The molecule has 4 N–H and O–H groups in total. The van der Waals surface area contributed by atoms with Crippen molar-refractivity contribution in [3.63, 3.8) is 0 Å². The number of rotatable bonds is 1. The van der Waals surface area contributed by atoms with Crippen molar-refractivity contribution in [1.29, 1.82) is 5.26 Å². The third kappa shape index (κ3) is 1.77. The Kier molecular flexibility index (Phi) is 2.84. The van der Waals surface area contributed by atoms with Gasteiger partial charge in [0, 0.05) is 6.07 Å². The second-order valence-corrected chi connectivity index (χ2v) is 5.02. The van der Waals surface area contributed by atoms with Crippen LogP contribution in [-0.4, -0.2) is 42.6 Å². The number of halogens is 1. The number of nitriles is 1. The predicted molar refractivity (Wildman–Crippen MR) is 67.2 cm³/mol. The maximum absolute atomic E-state index is 14.0. The Morgan fingerprint density at radius 3 is 2.90 bits per heavy atom. The number of aliphatic hydroxyl groups excluding tert-OH is 2. The number of nitrogens with two attached hydrogens (primary N) is 1. The first-order valence-corrected chi connectivity index (χ1v) is 6.12. The molecule has 1 aliphatic heterocycles. The van der Waals surface area contributed by atoms with Crippen LogP contribution < -0.4 is 5.73 Å². The summed E-state index contributed by atoms with van der Waals surface area (Å²) in [4.78, 5) is 3.69. The average molecular weight is 293 g/mol. The van der Waals surface area contributed by atoms with E-state index in [1.165, 1.54) is 6.92 Å². The number of hydrogen-bond acceptors (Lipinski definition) is 7. The first kappa shape index (κ1) is 13.7. The molecule has 2 aromatic rings. The summed E-state index contributed by atoms with van der Waals surface area (Å²) < 4.78 is 20.5. The average Bonchev–Trinajstić information content (AvgIpc) is 2.91. The third-order valence-electron chi connectivity index (χ3n) is 3.65. The third-order valence-corrected chi connectivity index (χ3v) is 3.65. The standard InChI is InChI=1S/C12H12FN5O3/c1-12(3-14)10(20)8(19)9(21-12)6-2-5(13)7-11(15)16-4-17-18(6)7/h2,4,8-10,19-20H,1H3,(H2,15,16,17)/t8-,9-,10-,12+/m0/s1. The molecule has 3 heterocycles. The topological polar surface area (TPSA) is 130 Å². The minimum absolute atomic E-state index is 0.0525. The summed E-state index contributed by atoms with van der Waals surface area (Å²) in [6, 6.07) is 2.88. The zero-order valence-electron chi connectivity index (χ0n) is 10.9. The zero-order chi connectivity index (χ0) is 15.4. The quantitative estimate of drug-likeness (QED) is 0.647. The Morgan fingerprint density at radius 1 is 1.57 bits per heavy atom. The molecule has 1 aliphatic rings. The van der Waals surface area contributed by atoms with Crippen molar-refractivity contribution in [1.82, 2.24) is 14.6 Å². The monoisotopic (exact) mass is 293 g/mol. The van der Waals surface area contributed by atoms with Gasteiger partial charge in [-0.15, -0.1) is 0 Å². The lowest BCUT2D eigenvalue weighted by molar-refractivity contribution is -0.0321. The fourth-order valence-electron chi connectivity index (χ4n) is 2.47. The minimum atomic E-state index is -1.59. The Hall–Kier alpha value is -2.28. The van der Waals surface area contributed by atoms with Gasteiger partial charge in [0.15, 0.2) is 17.2 Å². The normalized spacial score (nSPS) is 32.4. The highest BCUT2D eigenvalue weighted by Crippen LogP contribution is 2.40. The fraction of sp³-hybridized carbons (Fsp3) is 0.417. The number of hydrogen-bond donors (Lipinski definition) is 3. The SMILES string of the molecule is C[C@]1(C#N)O[C@@H](c2cc(F)c3c(N)ncnn23)[C@H](O)[C@@H]1O. The molecular weight excluding hydrogens is 281 g/mol. The molecule has 0 aliphatic carbocycles. The molecule has 0 radical (unpaired) electrons. The van der Waals surface area contributed by atoms with E-state index >= 15 is 0 Å². The number of nitrogen functional groups attached to an aromatic ring is 1. The van der Waals surface area contributed by atoms with Crippen LogP contribution in [0.25, 0.3) is 5.52 Å². The lowest BCUT2D eigenvalue weighted by atomic mass is 9.97. The van der Waals surface area contributed by atoms with Gasteiger partial charge in [-0.1, -0.05) is 0 Å². The van der Waals surface area contributed by atoms with E-state index in [9.17, 15) is 14.6 Å². The summed E-state index contributed by atoms with van der Waals surface area (Å²) >= 11 is 0. The maximum Gasteiger partial charge on any atom is 0.180 e. The van der Waals surface area contributed by atoms with Crippen LogP contribution in [0.5, 0.6) is 0 Å². The summed E-state index contributed by atoms with van der Waals surface area (Å²) in [5.41, 5.74) is 4.09. The Balaban J connectivity index is 2.15. The molecule has 21 heavy (non-hydrogen) atoms. The van der Waals surface area contributed by atoms with Crippen LogP contribution in [0.4, 0.5) is 10.2 Å². The highest BCUT2D eigenvalue weighted by molar-refractivity contribution is 5.66. The molecule has 0 bridgehead atoms. The van der Waals surface area contributed by atoms with E-state index in [1.54, 1.807) is 6.07 Å². The first-order valence-electron chi connectivity index (χ1n) is 6.12. The summed E-state index contributed by atoms with van der Waals surface area (Å²) in [6.07, 6.45) is -2.81. The molecule has 4 atom stereocenters. The Morgan fingerprint density at radius 2 is 2.29 bits per heavy atom. The van der Waals surface area contributed by atoms with E-state index in [0.29, 0.717) is 0 Å². The first-order chi connectivity index (χ1) is 9.89. The van der Waals surface area contributed by atoms with Crippen LogP contribution in [0.15, 0.2) is 12.4 Å². The van der Waals surface area contributed by atoms with Crippen molar-refractivity contribution >= 4 is 11.3 Å². The Bertz CT molecular complexity index is 757. The molecule has 1 fully saturated rings. The second-order valence-electron chi connectivity index (χ2n) is 5.02. The van der Waals surface area contributed by atoms with E-state index in [2.05, 4.69) is 10.1 Å². The van der Waals surface area contributed by atoms with Crippen LogP contribution in [0.1, 0.15) is 18.7 Å². The molecule has 0 amide bonds. The second kappa shape index (κ2) is 4.36. The fourth-order valence-corrected chi connectivity index (χ4v) is 2.47. The van der Waals surface area contributed by atoms with Crippen molar-refractivity contribution in [2.45, 2.75) is 30.8 Å². The lowest BCUT2D eigenvalue weighted by Gasteiger charge is -2.18. The zero-order valence-corrected chi connectivity index (χ0v) is 10.9. The van der Waals surface area contributed by atoms with Gasteiger partial charge in [-0.25, -0.2) is 13.9 Å². The smallest absolute Gasteiger partial charge is 0.180 e. The van der Waals surface area contributed by atoms with Crippen molar-refractivity contribution in [3.8, 4) is 6.07 Å². The van der Waals surface area contributed by atoms with E-state index in [1.807, 2.05) is 0 Å². The summed E-state index contributed by atoms with van der Waals surface area (Å²) in [5, 5.41) is 32.9. The molecule has 9 heteroatoms. The van der Waals surface area contributed by atoms with E-state index in [4.69, 9.17) is 15.7 Å². The maximum atomic E-state index is 14.0. The summed E-state index contributed by atoms with van der Waals surface area (Å²) in [6.45, 7) is 1.34. The molecule has 8 nitrogen and oxygen atoms in total. The molecule has 1 saturated heterocycles. The van der Waals surface area contributed by atoms with Gasteiger partial charge < -0.3 is 20.7 Å². The van der Waals surface area contributed by atoms with Gasteiger partial charge >= 0.3 is 0 Å². The number of aliphatic hydroxyl groups is 2. The number of aromatic nitrogens is 3. The van der Waals surface area contributed by atoms with Gasteiger partial charge in [0.25, 0.3) is 0 Å².